The Morgan fingerprint density at radius 2 is 1.72 bits per heavy atom. The minimum Gasteiger partial charge on any atom is -0.312 e. The third-order valence-electron chi connectivity index (χ3n) is 4.90. The van der Waals surface area contributed by atoms with Gasteiger partial charge >= 0.3 is 0 Å². The van der Waals surface area contributed by atoms with E-state index in [0.717, 1.165) is 30.2 Å². The van der Waals surface area contributed by atoms with Crippen molar-refractivity contribution >= 4 is 11.6 Å². The van der Waals surface area contributed by atoms with Crippen molar-refractivity contribution in [3.8, 4) is 11.3 Å². The largest absolute Gasteiger partial charge is 0.312 e. The highest BCUT2D eigenvalue weighted by Gasteiger charge is 2.19. The molecule has 0 saturated carbocycles. The number of hydrogen-bond acceptors (Lipinski definition) is 3. The molecule has 1 saturated heterocycles. The molecule has 1 aliphatic heterocycles. The Morgan fingerprint density at radius 1 is 0.931 bits per heavy atom. The van der Waals surface area contributed by atoms with Crippen molar-refractivity contribution in [2.75, 3.05) is 11.4 Å². The maximum Gasteiger partial charge on any atom is 0.267 e. The number of carbonyl (C=O) groups is 1. The van der Waals surface area contributed by atoms with Crippen molar-refractivity contribution in [3.63, 3.8) is 0 Å². The lowest BCUT2D eigenvalue weighted by atomic mass is 10.1. The third-order valence-corrected chi connectivity index (χ3v) is 4.90. The van der Waals surface area contributed by atoms with E-state index in [1.165, 1.54) is 28.9 Å². The van der Waals surface area contributed by atoms with Crippen LogP contribution in [0.5, 0.6) is 0 Å². The molecule has 1 aromatic heterocycles. The molecule has 2 heterocycles. The standard InChI is InChI=1S/C22H19F2N3O2/c23-17-11-16(12-18(24)13-17)20-7-8-22(29)27(25-20)14-15-4-3-5-19(10-15)26-9-2-1-6-21(26)28/h3-5,7-8,10-13H,1-2,6,9,14H2. The van der Waals surface area contributed by atoms with E-state index in [0.29, 0.717) is 18.7 Å². The van der Waals surface area contributed by atoms with E-state index in [2.05, 4.69) is 5.10 Å². The summed E-state index contributed by atoms with van der Waals surface area (Å²) in [4.78, 5) is 26.2. The maximum atomic E-state index is 13.5. The highest BCUT2D eigenvalue weighted by Crippen LogP contribution is 2.23. The highest BCUT2D eigenvalue weighted by molar-refractivity contribution is 5.94. The van der Waals surface area contributed by atoms with E-state index in [4.69, 9.17) is 0 Å². The number of anilines is 1. The minimum absolute atomic E-state index is 0.0961. The summed E-state index contributed by atoms with van der Waals surface area (Å²) in [5.41, 5.74) is 1.82. The van der Waals surface area contributed by atoms with Crippen molar-refractivity contribution in [1.29, 1.82) is 0 Å². The Hall–Kier alpha value is -3.35. The monoisotopic (exact) mass is 395 g/mol. The molecule has 0 atom stereocenters. The number of halogens is 2. The molecular formula is C22H19F2N3O2. The number of hydrogen-bond donors (Lipinski definition) is 0. The minimum atomic E-state index is -0.710. The molecule has 0 N–H and O–H groups in total. The molecule has 0 radical (unpaired) electrons. The Bertz CT molecular complexity index is 1110. The summed E-state index contributed by atoms with van der Waals surface area (Å²) in [6.07, 6.45) is 2.41. The average Bonchev–Trinajstić information content (AvgIpc) is 2.69. The molecule has 0 unspecified atom stereocenters. The zero-order chi connectivity index (χ0) is 20.4. The van der Waals surface area contributed by atoms with Crippen molar-refractivity contribution in [2.45, 2.75) is 25.8 Å². The third kappa shape index (κ3) is 4.23. The summed E-state index contributed by atoms with van der Waals surface area (Å²) < 4.78 is 28.3. The first-order valence-electron chi connectivity index (χ1n) is 9.43. The molecule has 5 nitrogen and oxygen atoms in total. The van der Waals surface area contributed by atoms with Crippen molar-refractivity contribution in [3.05, 3.63) is 82.1 Å². The van der Waals surface area contributed by atoms with Gasteiger partial charge in [-0.1, -0.05) is 12.1 Å². The van der Waals surface area contributed by atoms with E-state index in [9.17, 15) is 18.4 Å². The van der Waals surface area contributed by atoms with Gasteiger partial charge in [0.15, 0.2) is 0 Å². The zero-order valence-electron chi connectivity index (χ0n) is 15.6. The number of nitrogens with zero attached hydrogens (tertiary/aromatic N) is 3. The zero-order valence-corrected chi connectivity index (χ0v) is 15.6. The molecule has 0 spiro atoms. The number of benzene rings is 2. The molecule has 29 heavy (non-hydrogen) atoms. The van der Waals surface area contributed by atoms with Crippen LogP contribution in [0.2, 0.25) is 0 Å². The summed E-state index contributed by atoms with van der Waals surface area (Å²) in [6.45, 7) is 0.863. The molecule has 3 aromatic rings. The van der Waals surface area contributed by atoms with Crippen LogP contribution < -0.4 is 10.5 Å². The fourth-order valence-corrected chi connectivity index (χ4v) is 3.49. The van der Waals surface area contributed by atoms with Gasteiger partial charge in [-0.15, -0.1) is 0 Å². The van der Waals surface area contributed by atoms with Gasteiger partial charge in [-0.3, -0.25) is 9.59 Å². The van der Waals surface area contributed by atoms with Gasteiger partial charge in [0.1, 0.15) is 11.6 Å². The van der Waals surface area contributed by atoms with Gasteiger partial charge in [-0.25, -0.2) is 13.5 Å². The van der Waals surface area contributed by atoms with Crippen LogP contribution in [0.3, 0.4) is 0 Å². The Balaban J connectivity index is 1.64. The number of rotatable bonds is 4. The molecule has 0 bridgehead atoms. The van der Waals surface area contributed by atoms with Crippen LogP contribution in [0.1, 0.15) is 24.8 Å². The molecule has 2 aromatic carbocycles. The number of aromatic nitrogens is 2. The summed E-state index contributed by atoms with van der Waals surface area (Å²) in [7, 11) is 0. The van der Waals surface area contributed by atoms with Gasteiger partial charge in [0.05, 0.1) is 12.2 Å². The quantitative estimate of drug-likeness (QED) is 0.676. The molecule has 7 heteroatoms. The average molecular weight is 395 g/mol. The first-order chi connectivity index (χ1) is 14.0. The molecule has 148 valence electrons. The van der Waals surface area contributed by atoms with Crippen LogP contribution in [0.15, 0.2) is 59.4 Å². The van der Waals surface area contributed by atoms with E-state index in [1.54, 1.807) is 4.90 Å². The summed E-state index contributed by atoms with van der Waals surface area (Å²) >= 11 is 0. The van der Waals surface area contributed by atoms with Crippen LogP contribution in [0, 0.1) is 11.6 Å². The topological polar surface area (TPSA) is 55.2 Å². The van der Waals surface area contributed by atoms with Gasteiger partial charge in [-0.2, -0.15) is 5.10 Å². The van der Waals surface area contributed by atoms with Crippen LogP contribution in [0.25, 0.3) is 11.3 Å². The lowest BCUT2D eigenvalue weighted by molar-refractivity contribution is -0.119. The molecule has 1 aliphatic rings. The predicted octanol–water partition coefficient (Wildman–Crippen LogP) is 3.75. The highest BCUT2D eigenvalue weighted by atomic mass is 19.1. The van der Waals surface area contributed by atoms with Crippen molar-refractivity contribution in [2.24, 2.45) is 0 Å². The normalized spacial score (nSPS) is 14.3. The lowest BCUT2D eigenvalue weighted by Crippen LogP contribution is -2.35. The van der Waals surface area contributed by atoms with Gasteiger partial charge in [0.2, 0.25) is 5.91 Å². The van der Waals surface area contributed by atoms with Crippen LogP contribution in [-0.4, -0.2) is 22.2 Å². The maximum absolute atomic E-state index is 13.5. The van der Waals surface area contributed by atoms with Gasteiger partial charge in [0.25, 0.3) is 5.56 Å². The summed E-state index contributed by atoms with van der Waals surface area (Å²) in [5, 5.41) is 4.27. The first-order valence-corrected chi connectivity index (χ1v) is 9.43. The second-order valence-electron chi connectivity index (χ2n) is 7.04. The van der Waals surface area contributed by atoms with E-state index >= 15 is 0 Å². The predicted molar refractivity (Wildman–Crippen MR) is 106 cm³/mol. The van der Waals surface area contributed by atoms with Gasteiger partial charge < -0.3 is 4.90 Å². The van der Waals surface area contributed by atoms with Crippen LogP contribution in [0.4, 0.5) is 14.5 Å². The van der Waals surface area contributed by atoms with Crippen LogP contribution in [-0.2, 0) is 11.3 Å². The Labute approximate surface area is 166 Å². The molecule has 4 rings (SSSR count). The van der Waals surface area contributed by atoms with Gasteiger partial charge in [-0.05, 0) is 48.7 Å². The second kappa shape index (κ2) is 7.95. The summed E-state index contributed by atoms with van der Waals surface area (Å²) in [6, 6.07) is 13.3. The van der Waals surface area contributed by atoms with Gasteiger partial charge in [0, 0.05) is 36.3 Å². The van der Waals surface area contributed by atoms with Crippen molar-refractivity contribution in [1.82, 2.24) is 9.78 Å². The fraction of sp³-hybridized carbons (Fsp3) is 0.227. The molecule has 1 amide bonds. The summed E-state index contributed by atoms with van der Waals surface area (Å²) in [5.74, 6) is -1.32. The Kier molecular flexibility index (Phi) is 5.20. The van der Waals surface area contributed by atoms with E-state index < -0.39 is 11.6 Å². The van der Waals surface area contributed by atoms with E-state index in [-0.39, 0.29) is 23.6 Å². The SMILES string of the molecule is O=C1CCCCN1c1cccc(Cn2nc(-c3cc(F)cc(F)c3)ccc2=O)c1. The smallest absolute Gasteiger partial charge is 0.267 e. The molecule has 0 aliphatic carbocycles. The first kappa shape index (κ1) is 19.0. The Morgan fingerprint density at radius 3 is 2.48 bits per heavy atom. The number of amides is 1. The molecule has 1 fully saturated rings. The number of carbonyl (C=O) groups excluding carboxylic acids is 1. The fourth-order valence-electron chi connectivity index (χ4n) is 3.49. The van der Waals surface area contributed by atoms with Crippen LogP contribution >= 0.6 is 0 Å². The number of piperidine rings is 1. The van der Waals surface area contributed by atoms with Crippen molar-refractivity contribution < 1.29 is 13.6 Å². The molecular weight excluding hydrogens is 376 g/mol. The second-order valence-corrected chi connectivity index (χ2v) is 7.04. The lowest BCUT2D eigenvalue weighted by Gasteiger charge is -2.27. The van der Waals surface area contributed by atoms with E-state index in [1.807, 2.05) is 24.3 Å².